The Hall–Kier alpha value is -0.700. The monoisotopic (exact) mass is 305 g/mol. The van der Waals surface area contributed by atoms with Gasteiger partial charge in [0, 0.05) is 19.6 Å². The molecule has 0 aromatic heterocycles. The number of morpholine rings is 1. The van der Waals surface area contributed by atoms with Gasteiger partial charge in [-0.15, -0.1) is 4.83 Å². The van der Waals surface area contributed by atoms with Gasteiger partial charge in [0.05, 0.1) is 18.2 Å². The Kier molecular flexibility index (Phi) is 4.77. The molecule has 0 unspecified atom stereocenters. The van der Waals surface area contributed by atoms with Crippen LogP contribution in [0.1, 0.15) is 5.56 Å². The summed E-state index contributed by atoms with van der Waals surface area (Å²) in [6.45, 7) is 2.27. The quantitative estimate of drug-likeness (QED) is 0.837. The van der Waals surface area contributed by atoms with Crippen molar-refractivity contribution in [3.05, 3.63) is 28.8 Å². The third kappa shape index (κ3) is 3.65. The molecule has 1 heterocycles. The second-order valence-corrected chi connectivity index (χ2v) is 6.20. The zero-order valence-corrected chi connectivity index (χ0v) is 11.9. The SMILES string of the molecule is NCc1ccc(Cl)c(S(=O)(=O)NN2CCOCC2)c1. The number of sulfonamides is 1. The van der Waals surface area contributed by atoms with E-state index in [0.717, 1.165) is 0 Å². The highest BCUT2D eigenvalue weighted by molar-refractivity contribution is 7.89. The maximum Gasteiger partial charge on any atom is 0.254 e. The van der Waals surface area contributed by atoms with Gasteiger partial charge in [-0.25, -0.2) is 13.4 Å². The lowest BCUT2D eigenvalue weighted by Crippen LogP contribution is -2.48. The first-order valence-electron chi connectivity index (χ1n) is 5.86. The largest absolute Gasteiger partial charge is 0.379 e. The van der Waals surface area contributed by atoms with Gasteiger partial charge >= 0.3 is 0 Å². The van der Waals surface area contributed by atoms with Gasteiger partial charge in [0.15, 0.2) is 0 Å². The van der Waals surface area contributed by atoms with E-state index >= 15 is 0 Å². The Morgan fingerprint density at radius 3 is 2.68 bits per heavy atom. The zero-order valence-electron chi connectivity index (χ0n) is 10.3. The van der Waals surface area contributed by atoms with Crippen molar-refractivity contribution in [2.24, 2.45) is 5.73 Å². The molecule has 0 radical (unpaired) electrons. The predicted molar refractivity (Wildman–Crippen MR) is 72.1 cm³/mol. The second-order valence-electron chi connectivity index (χ2n) is 4.16. The molecule has 3 N–H and O–H groups in total. The van der Waals surface area contributed by atoms with Crippen molar-refractivity contribution in [3.8, 4) is 0 Å². The van der Waals surface area contributed by atoms with Crippen molar-refractivity contribution in [2.45, 2.75) is 11.4 Å². The van der Waals surface area contributed by atoms with Crippen LogP contribution >= 0.6 is 11.6 Å². The van der Waals surface area contributed by atoms with E-state index in [1.54, 1.807) is 11.1 Å². The lowest BCUT2D eigenvalue weighted by Gasteiger charge is -2.26. The molecular formula is C11H16ClN3O3S. The lowest BCUT2D eigenvalue weighted by atomic mass is 10.2. The van der Waals surface area contributed by atoms with E-state index in [4.69, 9.17) is 22.1 Å². The number of rotatable bonds is 4. The summed E-state index contributed by atoms with van der Waals surface area (Å²) >= 11 is 5.95. The minimum Gasteiger partial charge on any atom is -0.379 e. The van der Waals surface area contributed by atoms with Crippen molar-refractivity contribution in [1.82, 2.24) is 9.84 Å². The zero-order chi connectivity index (χ0) is 13.9. The van der Waals surface area contributed by atoms with E-state index in [9.17, 15) is 8.42 Å². The van der Waals surface area contributed by atoms with E-state index < -0.39 is 10.0 Å². The molecule has 0 bridgehead atoms. The molecule has 0 amide bonds. The van der Waals surface area contributed by atoms with E-state index in [1.165, 1.54) is 12.1 Å². The summed E-state index contributed by atoms with van der Waals surface area (Å²) in [7, 11) is -3.69. The molecule has 2 rings (SSSR count). The number of nitrogens with one attached hydrogen (secondary N) is 1. The van der Waals surface area contributed by atoms with Gasteiger partial charge in [0.25, 0.3) is 10.0 Å². The number of benzene rings is 1. The summed E-state index contributed by atoms with van der Waals surface area (Å²) in [6, 6.07) is 4.73. The molecule has 0 saturated carbocycles. The fourth-order valence-corrected chi connectivity index (χ4v) is 3.43. The highest BCUT2D eigenvalue weighted by Gasteiger charge is 2.22. The summed E-state index contributed by atoms with van der Waals surface area (Å²) in [5.41, 5.74) is 6.23. The molecule has 1 aliphatic heterocycles. The maximum atomic E-state index is 12.3. The number of nitrogens with two attached hydrogens (primary N) is 1. The molecule has 19 heavy (non-hydrogen) atoms. The van der Waals surface area contributed by atoms with Gasteiger partial charge < -0.3 is 10.5 Å². The van der Waals surface area contributed by atoms with Gasteiger partial charge in [-0.3, -0.25) is 0 Å². The fraction of sp³-hybridized carbons (Fsp3) is 0.455. The minimum atomic E-state index is -3.69. The molecule has 1 fully saturated rings. The van der Waals surface area contributed by atoms with Crippen LogP contribution in [-0.4, -0.2) is 39.7 Å². The van der Waals surface area contributed by atoms with Gasteiger partial charge in [-0.05, 0) is 17.7 Å². The number of hydrazine groups is 1. The average Bonchev–Trinajstić information content (AvgIpc) is 2.39. The maximum absolute atomic E-state index is 12.3. The van der Waals surface area contributed by atoms with Gasteiger partial charge in [0.1, 0.15) is 4.90 Å². The van der Waals surface area contributed by atoms with Crippen LogP contribution in [0.25, 0.3) is 0 Å². The number of halogens is 1. The fourth-order valence-electron chi connectivity index (χ4n) is 1.75. The van der Waals surface area contributed by atoms with E-state index in [1.807, 2.05) is 0 Å². The molecule has 106 valence electrons. The minimum absolute atomic E-state index is 0.0450. The number of hydrogen-bond donors (Lipinski definition) is 2. The summed E-state index contributed by atoms with van der Waals surface area (Å²) in [4.78, 5) is 2.55. The van der Waals surface area contributed by atoms with Gasteiger partial charge in [0.2, 0.25) is 0 Å². The molecule has 0 atom stereocenters. The first kappa shape index (κ1) is 14.7. The predicted octanol–water partition coefficient (Wildman–Crippen LogP) is 0.324. The van der Waals surface area contributed by atoms with Crippen molar-refractivity contribution in [1.29, 1.82) is 0 Å². The standard InChI is InChI=1S/C11H16ClN3O3S/c12-10-2-1-9(8-13)7-11(10)19(16,17)14-15-3-5-18-6-4-15/h1-2,7,14H,3-6,8,13H2. The van der Waals surface area contributed by atoms with Crippen molar-refractivity contribution >= 4 is 21.6 Å². The first-order chi connectivity index (χ1) is 9.03. The summed E-state index contributed by atoms with van der Waals surface area (Å²) in [5, 5.41) is 1.78. The average molecular weight is 306 g/mol. The van der Waals surface area contributed by atoms with Crippen LogP contribution in [0.5, 0.6) is 0 Å². The Balaban J connectivity index is 2.23. The van der Waals surface area contributed by atoms with Crippen molar-refractivity contribution < 1.29 is 13.2 Å². The smallest absolute Gasteiger partial charge is 0.254 e. The molecule has 1 aromatic rings. The second kappa shape index (κ2) is 6.17. The number of ether oxygens (including phenoxy) is 1. The van der Waals surface area contributed by atoms with Crippen LogP contribution in [-0.2, 0) is 21.3 Å². The highest BCUT2D eigenvalue weighted by atomic mass is 35.5. The Labute approximate surface area is 117 Å². The molecule has 1 saturated heterocycles. The summed E-state index contributed by atoms with van der Waals surface area (Å²) in [5.74, 6) is 0. The lowest BCUT2D eigenvalue weighted by molar-refractivity contribution is 0.0272. The van der Waals surface area contributed by atoms with Crippen molar-refractivity contribution in [2.75, 3.05) is 26.3 Å². The third-order valence-corrected chi connectivity index (χ3v) is 4.64. The molecule has 0 aliphatic carbocycles. The molecule has 8 heteroatoms. The van der Waals surface area contributed by atoms with Crippen LogP contribution < -0.4 is 10.6 Å². The van der Waals surface area contributed by atoms with Crippen LogP contribution in [0.4, 0.5) is 0 Å². The van der Waals surface area contributed by atoms with Crippen LogP contribution in [0.3, 0.4) is 0 Å². The molecular weight excluding hydrogens is 290 g/mol. The first-order valence-corrected chi connectivity index (χ1v) is 7.72. The summed E-state index contributed by atoms with van der Waals surface area (Å²) in [6.07, 6.45) is 0. The Morgan fingerprint density at radius 1 is 1.37 bits per heavy atom. The highest BCUT2D eigenvalue weighted by Crippen LogP contribution is 2.22. The Morgan fingerprint density at radius 2 is 2.05 bits per heavy atom. The molecule has 1 aliphatic rings. The summed E-state index contributed by atoms with van der Waals surface area (Å²) < 4.78 is 29.7. The Bertz CT molecular complexity index is 544. The van der Waals surface area contributed by atoms with E-state index in [-0.39, 0.29) is 16.5 Å². The van der Waals surface area contributed by atoms with Crippen molar-refractivity contribution in [3.63, 3.8) is 0 Å². The van der Waals surface area contributed by atoms with Crippen LogP contribution in [0.2, 0.25) is 5.02 Å². The van der Waals surface area contributed by atoms with Gasteiger partial charge in [-0.2, -0.15) is 0 Å². The van der Waals surface area contributed by atoms with Crippen LogP contribution in [0, 0.1) is 0 Å². The topological polar surface area (TPSA) is 84.7 Å². The normalized spacial score (nSPS) is 17.6. The number of hydrogen-bond acceptors (Lipinski definition) is 5. The van der Waals surface area contributed by atoms with Gasteiger partial charge in [-0.1, -0.05) is 17.7 Å². The number of nitrogens with zero attached hydrogens (tertiary/aromatic N) is 1. The molecule has 0 spiro atoms. The van der Waals surface area contributed by atoms with E-state index in [2.05, 4.69) is 4.83 Å². The van der Waals surface area contributed by atoms with E-state index in [0.29, 0.717) is 31.9 Å². The molecule has 6 nitrogen and oxygen atoms in total. The molecule has 1 aromatic carbocycles. The third-order valence-electron chi connectivity index (χ3n) is 2.78. The van der Waals surface area contributed by atoms with Crippen LogP contribution in [0.15, 0.2) is 23.1 Å².